The second-order valence-corrected chi connectivity index (χ2v) is 7.23. The maximum Gasteiger partial charge on any atom is 0.248 e. The minimum Gasteiger partial charge on any atom is -0.342 e. The van der Waals surface area contributed by atoms with Gasteiger partial charge < -0.3 is 10.2 Å². The number of hydrogen-bond acceptors (Lipinski definition) is 3. The van der Waals surface area contributed by atoms with Gasteiger partial charge in [0.15, 0.2) is 0 Å². The Morgan fingerprint density at radius 2 is 2.20 bits per heavy atom. The molecular formula is C14H19ClN2O2S. The van der Waals surface area contributed by atoms with Crippen molar-refractivity contribution in [2.24, 2.45) is 0 Å². The molecule has 20 heavy (non-hydrogen) atoms. The lowest BCUT2D eigenvalue weighted by molar-refractivity contribution is -0.140. The van der Waals surface area contributed by atoms with Gasteiger partial charge in [-0.2, -0.15) is 0 Å². The SMILES string of the molecule is CCC1(C)NC(=O)CC(C)N(Cc2ccc(Cl)s2)C1=O. The molecule has 0 saturated carbocycles. The topological polar surface area (TPSA) is 49.4 Å². The maximum atomic E-state index is 12.7. The zero-order valence-electron chi connectivity index (χ0n) is 11.9. The minimum absolute atomic E-state index is 0.0251. The summed E-state index contributed by atoms with van der Waals surface area (Å²) in [5.41, 5.74) is -0.817. The Morgan fingerprint density at radius 3 is 2.75 bits per heavy atom. The lowest BCUT2D eigenvalue weighted by Gasteiger charge is -2.33. The molecule has 4 nitrogen and oxygen atoms in total. The molecule has 1 fully saturated rings. The van der Waals surface area contributed by atoms with E-state index in [0.29, 0.717) is 23.7 Å². The second kappa shape index (κ2) is 5.74. The lowest BCUT2D eigenvalue weighted by Crippen LogP contribution is -2.55. The van der Waals surface area contributed by atoms with Crippen LogP contribution in [0.15, 0.2) is 12.1 Å². The van der Waals surface area contributed by atoms with Crippen LogP contribution in [0.25, 0.3) is 0 Å². The van der Waals surface area contributed by atoms with Crippen molar-refractivity contribution in [1.82, 2.24) is 10.2 Å². The van der Waals surface area contributed by atoms with Crippen molar-refractivity contribution in [3.8, 4) is 0 Å². The molecule has 1 aromatic heterocycles. The van der Waals surface area contributed by atoms with Gasteiger partial charge in [0.1, 0.15) is 5.54 Å². The molecule has 0 aliphatic carbocycles. The van der Waals surface area contributed by atoms with E-state index in [0.717, 1.165) is 4.88 Å². The molecule has 1 aromatic rings. The fourth-order valence-corrected chi connectivity index (χ4v) is 3.47. The number of thiophene rings is 1. The van der Waals surface area contributed by atoms with E-state index in [1.54, 1.807) is 11.8 Å². The van der Waals surface area contributed by atoms with Crippen LogP contribution in [0.2, 0.25) is 4.34 Å². The van der Waals surface area contributed by atoms with Crippen LogP contribution in [0, 0.1) is 0 Å². The van der Waals surface area contributed by atoms with Gasteiger partial charge in [-0.25, -0.2) is 0 Å². The molecule has 2 unspecified atom stereocenters. The number of hydrogen-bond donors (Lipinski definition) is 1. The van der Waals surface area contributed by atoms with E-state index in [-0.39, 0.29) is 17.9 Å². The van der Waals surface area contributed by atoms with Crippen LogP contribution in [0.3, 0.4) is 0 Å². The summed E-state index contributed by atoms with van der Waals surface area (Å²) in [4.78, 5) is 27.5. The van der Waals surface area contributed by atoms with Crippen molar-refractivity contribution < 1.29 is 9.59 Å². The minimum atomic E-state index is -0.817. The first-order chi connectivity index (χ1) is 9.35. The van der Waals surface area contributed by atoms with Gasteiger partial charge in [-0.1, -0.05) is 18.5 Å². The quantitative estimate of drug-likeness (QED) is 0.932. The summed E-state index contributed by atoms with van der Waals surface area (Å²) in [6.45, 7) is 6.12. The first-order valence-electron chi connectivity index (χ1n) is 6.72. The van der Waals surface area contributed by atoms with Crippen LogP contribution in [-0.4, -0.2) is 28.3 Å². The zero-order chi connectivity index (χ0) is 14.9. The standard InChI is InChI=1S/C14H19ClN2O2S/c1-4-14(3)13(19)17(9(2)7-12(18)16-14)8-10-5-6-11(15)20-10/h5-6,9H,4,7-8H2,1-3H3,(H,16,18). The number of carbonyl (C=O) groups excluding carboxylic acids is 2. The van der Waals surface area contributed by atoms with E-state index in [1.165, 1.54) is 11.3 Å². The summed E-state index contributed by atoms with van der Waals surface area (Å²) < 4.78 is 0.711. The Hall–Kier alpha value is -1.07. The smallest absolute Gasteiger partial charge is 0.248 e. The van der Waals surface area contributed by atoms with Crippen molar-refractivity contribution in [3.05, 3.63) is 21.3 Å². The lowest BCUT2D eigenvalue weighted by atomic mass is 9.97. The van der Waals surface area contributed by atoms with Gasteiger partial charge in [-0.3, -0.25) is 9.59 Å². The van der Waals surface area contributed by atoms with Crippen molar-refractivity contribution >= 4 is 34.8 Å². The molecule has 6 heteroatoms. The highest BCUT2D eigenvalue weighted by Gasteiger charge is 2.41. The molecule has 0 spiro atoms. The molecule has 1 aliphatic heterocycles. The molecule has 1 aliphatic rings. The van der Waals surface area contributed by atoms with E-state index < -0.39 is 5.54 Å². The summed E-state index contributed by atoms with van der Waals surface area (Å²) >= 11 is 7.41. The van der Waals surface area contributed by atoms with E-state index in [9.17, 15) is 9.59 Å². The highest BCUT2D eigenvalue weighted by Crippen LogP contribution is 2.27. The first kappa shape index (κ1) is 15.3. The number of nitrogens with zero attached hydrogens (tertiary/aromatic N) is 1. The van der Waals surface area contributed by atoms with E-state index in [1.807, 2.05) is 26.0 Å². The molecule has 0 radical (unpaired) electrons. The van der Waals surface area contributed by atoms with E-state index >= 15 is 0 Å². The third kappa shape index (κ3) is 2.99. The molecule has 2 amide bonds. The van der Waals surface area contributed by atoms with Gasteiger partial charge in [-0.05, 0) is 32.4 Å². The third-order valence-corrected chi connectivity index (χ3v) is 5.04. The van der Waals surface area contributed by atoms with Crippen LogP contribution in [0.4, 0.5) is 0 Å². The average molecular weight is 315 g/mol. The molecule has 2 heterocycles. The number of carbonyl (C=O) groups is 2. The van der Waals surface area contributed by atoms with E-state index in [2.05, 4.69) is 5.32 Å². The Bertz CT molecular complexity index is 531. The summed E-state index contributed by atoms with van der Waals surface area (Å²) in [7, 11) is 0. The van der Waals surface area contributed by atoms with Crippen molar-refractivity contribution in [1.29, 1.82) is 0 Å². The number of halogens is 1. The third-order valence-electron chi connectivity index (χ3n) is 3.82. The van der Waals surface area contributed by atoms with Gasteiger partial charge in [-0.15, -0.1) is 11.3 Å². The van der Waals surface area contributed by atoms with Crippen LogP contribution in [0.5, 0.6) is 0 Å². The predicted molar refractivity (Wildman–Crippen MR) is 80.8 cm³/mol. The number of amides is 2. The molecule has 1 N–H and O–H groups in total. The largest absolute Gasteiger partial charge is 0.342 e. The Morgan fingerprint density at radius 1 is 1.50 bits per heavy atom. The highest BCUT2D eigenvalue weighted by molar-refractivity contribution is 7.16. The van der Waals surface area contributed by atoms with Gasteiger partial charge >= 0.3 is 0 Å². The summed E-state index contributed by atoms with van der Waals surface area (Å²) in [6.07, 6.45) is 0.909. The van der Waals surface area contributed by atoms with Gasteiger partial charge in [0.2, 0.25) is 11.8 Å². The van der Waals surface area contributed by atoms with Crippen LogP contribution >= 0.6 is 22.9 Å². The Labute approximate surface area is 128 Å². The molecular weight excluding hydrogens is 296 g/mol. The number of rotatable bonds is 3. The van der Waals surface area contributed by atoms with Gasteiger partial charge in [0.05, 0.1) is 10.9 Å². The Balaban J connectivity index is 2.28. The fraction of sp³-hybridized carbons (Fsp3) is 0.571. The van der Waals surface area contributed by atoms with Crippen LogP contribution in [-0.2, 0) is 16.1 Å². The zero-order valence-corrected chi connectivity index (χ0v) is 13.5. The summed E-state index contributed by atoms with van der Waals surface area (Å²) in [5.74, 6) is -0.0928. The maximum absolute atomic E-state index is 12.7. The van der Waals surface area contributed by atoms with Gasteiger partial charge in [0.25, 0.3) is 0 Å². The molecule has 2 atom stereocenters. The monoisotopic (exact) mass is 314 g/mol. The highest BCUT2D eigenvalue weighted by atomic mass is 35.5. The molecule has 1 saturated heterocycles. The van der Waals surface area contributed by atoms with Crippen molar-refractivity contribution in [2.45, 2.75) is 51.7 Å². The first-order valence-corrected chi connectivity index (χ1v) is 7.91. The van der Waals surface area contributed by atoms with Crippen LogP contribution in [0.1, 0.15) is 38.5 Å². The summed E-state index contributed by atoms with van der Waals surface area (Å²) in [5, 5.41) is 2.85. The Kier molecular flexibility index (Phi) is 4.39. The van der Waals surface area contributed by atoms with E-state index in [4.69, 9.17) is 11.6 Å². The predicted octanol–water partition coefficient (Wildman–Crippen LogP) is 2.81. The molecule has 0 aromatic carbocycles. The summed E-state index contributed by atoms with van der Waals surface area (Å²) in [6, 6.07) is 3.64. The van der Waals surface area contributed by atoms with Gasteiger partial charge in [0, 0.05) is 17.3 Å². The molecule has 110 valence electrons. The fourth-order valence-electron chi connectivity index (χ4n) is 2.38. The molecule has 0 bridgehead atoms. The average Bonchev–Trinajstić information content (AvgIpc) is 2.76. The number of nitrogens with one attached hydrogen (secondary N) is 1. The normalized spacial score (nSPS) is 27.4. The van der Waals surface area contributed by atoms with Crippen molar-refractivity contribution in [3.63, 3.8) is 0 Å². The van der Waals surface area contributed by atoms with Crippen molar-refractivity contribution in [2.75, 3.05) is 0 Å². The van der Waals surface area contributed by atoms with Crippen LogP contribution < -0.4 is 5.32 Å². The molecule has 2 rings (SSSR count). The second-order valence-electron chi connectivity index (χ2n) is 5.43.